The Balaban J connectivity index is 5.58. The summed E-state index contributed by atoms with van der Waals surface area (Å²) in [6.45, 7) is 11.2. The van der Waals surface area contributed by atoms with Gasteiger partial charge in [0.05, 0.1) is 0 Å². The molecule has 24 heavy (non-hydrogen) atoms. The maximum atomic E-state index is 6.27. The van der Waals surface area contributed by atoms with E-state index in [-0.39, 0.29) is 5.41 Å². The van der Waals surface area contributed by atoms with Crippen molar-refractivity contribution in [1.82, 2.24) is 0 Å². The second-order valence-corrected chi connectivity index (χ2v) is 7.61. The Kier molecular flexibility index (Phi) is 11.4. The molecule has 0 amide bonds. The SMILES string of the molecule is CCCCCCCC(C)(CCC)C(CCC)(OC)C(C)(OC)OC. The lowest BCUT2D eigenvalue weighted by Gasteiger charge is -2.56. The van der Waals surface area contributed by atoms with Gasteiger partial charge in [0, 0.05) is 26.7 Å². The molecule has 0 saturated heterocycles. The van der Waals surface area contributed by atoms with Crippen LogP contribution in [0.4, 0.5) is 0 Å². The summed E-state index contributed by atoms with van der Waals surface area (Å²) in [5, 5.41) is 0. The lowest BCUT2D eigenvalue weighted by atomic mass is 9.62. The fourth-order valence-corrected chi connectivity index (χ4v) is 4.58. The number of unbranched alkanes of at least 4 members (excludes halogenated alkanes) is 4. The molecule has 0 saturated carbocycles. The fraction of sp³-hybridized carbons (Fsp3) is 1.00. The first kappa shape index (κ1) is 23.9. The van der Waals surface area contributed by atoms with E-state index in [1.54, 1.807) is 14.2 Å². The first-order chi connectivity index (χ1) is 11.4. The lowest BCUT2D eigenvalue weighted by Crippen LogP contribution is -2.64. The quantitative estimate of drug-likeness (QED) is 0.256. The summed E-state index contributed by atoms with van der Waals surface area (Å²) in [5.41, 5.74) is -0.418. The van der Waals surface area contributed by atoms with E-state index < -0.39 is 11.4 Å². The van der Waals surface area contributed by atoms with Crippen LogP contribution in [0, 0.1) is 5.41 Å². The highest BCUT2D eigenvalue weighted by molar-refractivity contribution is 5.05. The molecule has 0 aliphatic rings. The average Bonchev–Trinajstić information content (AvgIpc) is 2.58. The number of hydrogen-bond acceptors (Lipinski definition) is 3. The largest absolute Gasteiger partial charge is 0.372 e. The van der Waals surface area contributed by atoms with E-state index >= 15 is 0 Å². The van der Waals surface area contributed by atoms with E-state index in [2.05, 4.69) is 27.7 Å². The Morgan fingerprint density at radius 1 is 0.583 bits per heavy atom. The molecule has 0 aliphatic carbocycles. The fourth-order valence-electron chi connectivity index (χ4n) is 4.58. The van der Waals surface area contributed by atoms with Gasteiger partial charge in [-0.1, -0.05) is 72.6 Å². The smallest absolute Gasteiger partial charge is 0.194 e. The van der Waals surface area contributed by atoms with Crippen LogP contribution in [0.2, 0.25) is 0 Å². The van der Waals surface area contributed by atoms with Crippen LogP contribution < -0.4 is 0 Å². The standard InChI is InChI=1S/C21H44O3/c1-9-12-13-14-15-18-19(4,16-10-2)21(24-8,17-11-3)20(5,22-6)23-7/h9-18H2,1-8H3. The zero-order valence-electron chi connectivity index (χ0n) is 17.8. The molecule has 0 spiro atoms. The van der Waals surface area contributed by atoms with Crippen LogP contribution in [-0.4, -0.2) is 32.7 Å². The summed E-state index contributed by atoms with van der Waals surface area (Å²) in [6.07, 6.45) is 11.9. The molecule has 0 bridgehead atoms. The van der Waals surface area contributed by atoms with E-state index in [4.69, 9.17) is 14.2 Å². The zero-order chi connectivity index (χ0) is 18.7. The molecule has 3 heteroatoms. The lowest BCUT2D eigenvalue weighted by molar-refractivity contribution is -0.335. The van der Waals surface area contributed by atoms with Gasteiger partial charge in [-0.3, -0.25) is 0 Å². The Labute approximate surface area is 151 Å². The van der Waals surface area contributed by atoms with Gasteiger partial charge in [0.15, 0.2) is 5.79 Å². The summed E-state index contributed by atoms with van der Waals surface area (Å²) in [7, 11) is 5.30. The van der Waals surface area contributed by atoms with Crippen molar-refractivity contribution in [2.45, 2.75) is 110 Å². The summed E-state index contributed by atoms with van der Waals surface area (Å²) < 4.78 is 18.0. The van der Waals surface area contributed by atoms with Crippen LogP contribution in [0.5, 0.6) is 0 Å². The van der Waals surface area contributed by atoms with Crippen molar-refractivity contribution in [3.63, 3.8) is 0 Å². The number of ether oxygens (including phenoxy) is 3. The van der Waals surface area contributed by atoms with Crippen LogP contribution in [0.3, 0.4) is 0 Å². The molecule has 0 radical (unpaired) electrons. The predicted octanol–water partition coefficient (Wildman–Crippen LogP) is 6.35. The molecular weight excluding hydrogens is 300 g/mol. The minimum Gasteiger partial charge on any atom is -0.372 e. The molecule has 0 N–H and O–H groups in total. The molecule has 3 nitrogen and oxygen atoms in total. The number of rotatable bonds is 15. The van der Waals surface area contributed by atoms with Gasteiger partial charge in [0.2, 0.25) is 0 Å². The van der Waals surface area contributed by atoms with Crippen molar-refractivity contribution in [2.75, 3.05) is 21.3 Å². The minimum absolute atomic E-state index is 0.0273. The van der Waals surface area contributed by atoms with Crippen molar-refractivity contribution in [2.24, 2.45) is 5.41 Å². The Hall–Kier alpha value is -0.120. The van der Waals surface area contributed by atoms with Crippen molar-refractivity contribution < 1.29 is 14.2 Å². The molecule has 0 aromatic rings. The minimum atomic E-state index is -0.745. The van der Waals surface area contributed by atoms with Crippen LogP contribution in [0.1, 0.15) is 98.8 Å². The third kappa shape index (κ3) is 5.19. The summed E-state index contributed by atoms with van der Waals surface area (Å²) in [6, 6.07) is 0. The Morgan fingerprint density at radius 3 is 1.54 bits per heavy atom. The first-order valence-corrected chi connectivity index (χ1v) is 10.0. The van der Waals surface area contributed by atoms with E-state index in [0.29, 0.717) is 0 Å². The molecule has 0 aromatic carbocycles. The summed E-state index contributed by atoms with van der Waals surface area (Å²) in [5.74, 6) is -0.745. The number of hydrogen-bond donors (Lipinski definition) is 0. The second-order valence-electron chi connectivity index (χ2n) is 7.61. The van der Waals surface area contributed by atoms with Gasteiger partial charge in [-0.2, -0.15) is 0 Å². The van der Waals surface area contributed by atoms with Gasteiger partial charge >= 0.3 is 0 Å². The molecule has 0 aromatic heterocycles. The molecule has 146 valence electrons. The third-order valence-electron chi connectivity index (χ3n) is 6.07. The van der Waals surface area contributed by atoms with E-state index in [1.165, 1.54) is 32.1 Å². The maximum absolute atomic E-state index is 6.27. The van der Waals surface area contributed by atoms with Gasteiger partial charge in [0.25, 0.3) is 0 Å². The van der Waals surface area contributed by atoms with Crippen LogP contribution in [-0.2, 0) is 14.2 Å². The van der Waals surface area contributed by atoms with Crippen LogP contribution in [0.15, 0.2) is 0 Å². The number of methoxy groups -OCH3 is 3. The molecule has 0 fully saturated rings. The highest BCUT2D eigenvalue weighted by Crippen LogP contribution is 2.52. The second kappa shape index (κ2) is 11.5. The van der Waals surface area contributed by atoms with Gasteiger partial charge < -0.3 is 14.2 Å². The highest BCUT2D eigenvalue weighted by atomic mass is 16.7. The summed E-state index contributed by atoms with van der Waals surface area (Å²) >= 11 is 0. The van der Waals surface area contributed by atoms with Crippen LogP contribution in [0.25, 0.3) is 0 Å². The van der Waals surface area contributed by atoms with Crippen molar-refractivity contribution in [3.05, 3.63) is 0 Å². The molecule has 2 unspecified atom stereocenters. The van der Waals surface area contributed by atoms with E-state index in [9.17, 15) is 0 Å². The zero-order valence-corrected chi connectivity index (χ0v) is 17.8. The normalized spacial score (nSPS) is 17.5. The average molecular weight is 345 g/mol. The van der Waals surface area contributed by atoms with Crippen molar-refractivity contribution >= 4 is 0 Å². The third-order valence-corrected chi connectivity index (χ3v) is 6.07. The predicted molar refractivity (Wildman–Crippen MR) is 103 cm³/mol. The van der Waals surface area contributed by atoms with E-state index in [0.717, 1.165) is 32.1 Å². The van der Waals surface area contributed by atoms with Crippen molar-refractivity contribution in [1.29, 1.82) is 0 Å². The molecule has 0 rings (SSSR count). The molecule has 2 atom stereocenters. The van der Waals surface area contributed by atoms with Gasteiger partial charge in [-0.15, -0.1) is 0 Å². The summed E-state index contributed by atoms with van der Waals surface area (Å²) in [4.78, 5) is 0. The monoisotopic (exact) mass is 344 g/mol. The Bertz CT molecular complexity index is 314. The van der Waals surface area contributed by atoms with E-state index in [1.807, 2.05) is 14.0 Å². The van der Waals surface area contributed by atoms with Crippen molar-refractivity contribution in [3.8, 4) is 0 Å². The van der Waals surface area contributed by atoms with Gasteiger partial charge in [-0.25, -0.2) is 0 Å². The van der Waals surface area contributed by atoms with Gasteiger partial charge in [-0.05, 0) is 26.2 Å². The molecule has 0 heterocycles. The van der Waals surface area contributed by atoms with Gasteiger partial charge in [0.1, 0.15) is 5.60 Å². The topological polar surface area (TPSA) is 27.7 Å². The first-order valence-electron chi connectivity index (χ1n) is 10.0. The molecule has 0 aliphatic heterocycles. The highest BCUT2D eigenvalue weighted by Gasteiger charge is 2.59. The molecular formula is C21H44O3. The Morgan fingerprint density at radius 2 is 1.12 bits per heavy atom. The van der Waals surface area contributed by atoms with Crippen LogP contribution >= 0.6 is 0 Å². The maximum Gasteiger partial charge on any atom is 0.194 e.